The first-order valence-corrected chi connectivity index (χ1v) is 6.50. The standard InChI is InChI=1S/C15H21NO4/c1-10-5-6-13(11(2)17)14(9-10)20-12(3)15(18)16-7-8-19-4/h5-6,9,12H,7-8H2,1-4H3,(H,16,18). The van der Waals surface area contributed by atoms with E-state index in [4.69, 9.17) is 9.47 Å². The van der Waals surface area contributed by atoms with Crippen molar-refractivity contribution in [2.24, 2.45) is 0 Å². The third kappa shape index (κ3) is 4.66. The predicted molar refractivity (Wildman–Crippen MR) is 76.2 cm³/mol. The van der Waals surface area contributed by atoms with Gasteiger partial charge in [-0.25, -0.2) is 0 Å². The van der Waals surface area contributed by atoms with Crippen LogP contribution in [0.25, 0.3) is 0 Å². The number of benzene rings is 1. The Morgan fingerprint density at radius 2 is 2.05 bits per heavy atom. The molecule has 0 spiro atoms. The molecule has 1 aromatic rings. The molecule has 5 nitrogen and oxygen atoms in total. The van der Waals surface area contributed by atoms with Crippen LogP contribution in [0, 0.1) is 6.92 Å². The Hall–Kier alpha value is -1.88. The zero-order chi connectivity index (χ0) is 15.1. The summed E-state index contributed by atoms with van der Waals surface area (Å²) in [6, 6.07) is 5.31. The highest BCUT2D eigenvalue weighted by molar-refractivity contribution is 5.97. The highest BCUT2D eigenvalue weighted by Gasteiger charge is 2.17. The number of amides is 1. The molecular formula is C15H21NO4. The smallest absolute Gasteiger partial charge is 0.260 e. The predicted octanol–water partition coefficient (Wildman–Crippen LogP) is 1.73. The van der Waals surface area contributed by atoms with Gasteiger partial charge in [0.1, 0.15) is 5.75 Å². The molecule has 5 heteroatoms. The summed E-state index contributed by atoms with van der Waals surface area (Å²) < 4.78 is 10.5. The number of aryl methyl sites for hydroxylation is 1. The van der Waals surface area contributed by atoms with Gasteiger partial charge in [-0.1, -0.05) is 6.07 Å². The number of hydrogen-bond acceptors (Lipinski definition) is 4. The van der Waals surface area contributed by atoms with E-state index in [1.807, 2.05) is 13.0 Å². The maximum Gasteiger partial charge on any atom is 0.260 e. The van der Waals surface area contributed by atoms with E-state index in [1.165, 1.54) is 6.92 Å². The van der Waals surface area contributed by atoms with Gasteiger partial charge in [-0.05, 0) is 38.5 Å². The fraction of sp³-hybridized carbons (Fsp3) is 0.467. The fourth-order valence-corrected chi connectivity index (χ4v) is 1.68. The Balaban J connectivity index is 2.74. The topological polar surface area (TPSA) is 64.6 Å². The highest BCUT2D eigenvalue weighted by Crippen LogP contribution is 2.22. The first-order valence-electron chi connectivity index (χ1n) is 6.50. The first-order chi connectivity index (χ1) is 9.45. The summed E-state index contributed by atoms with van der Waals surface area (Å²) in [6.45, 7) is 5.90. The van der Waals surface area contributed by atoms with Gasteiger partial charge in [0, 0.05) is 13.7 Å². The molecule has 1 unspecified atom stereocenters. The van der Waals surface area contributed by atoms with Crippen molar-refractivity contribution in [1.29, 1.82) is 0 Å². The number of carbonyl (C=O) groups excluding carboxylic acids is 2. The molecule has 0 aliphatic rings. The Labute approximate surface area is 119 Å². The molecule has 1 aromatic carbocycles. The van der Waals surface area contributed by atoms with Crippen LogP contribution in [0.5, 0.6) is 5.75 Å². The first kappa shape index (κ1) is 16.2. The minimum Gasteiger partial charge on any atom is -0.480 e. The zero-order valence-electron chi connectivity index (χ0n) is 12.4. The molecule has 1 N–H and O–H groups in total. The summed E-state index contributed by atoms with van der Waals surface area (Å²) in [6.07, 6.45) is -0.674. The van der Waals surface area contributed by atoms with Crippen molar-refractivity contribution < 1.29 is 19.1 Å². The molecule has 0 radical (unpaired) electrons. The minimum atomic E-state index is -0.674. The lowest BCUT2D eigenvalue weighted by molar-refractivity contribution is -0.127. The molecule has 1 rings (SSSR count). The van der Waals surface area contributed by atoms with E-state index in [0.717, 1.165) is 5.56 Å². The average molecular weight is 279 g/mol. The van der Waals surface area contributed by atoms with Gasteiger partial charge >= 0.3 is 0 Å². The van der Waals surface area contributed by atoms with Crippen LogP contribution in [-0.2, 0) is 9.53 Å². The van der Waals surface area contributed by atoms with Crippen molar-refractivity contribution >= 4 is 11.7 Å². The second-order valence-electron chi connectivity index (χ2n) is 4.60. The molecule has 0 saturated heterocycles. The molecule has 0 saturated carbocycles. The zero-order valence-corrected chi connectivity index (χ0v) is 12.4. The van der Waals surface area contributed by atoms with E-state index in [0.29, 0.717) is 24.5 Å². The van der Waals surface area contributed by atoms with Crippen LogP contribution in [0.3, 0.4) is 0 Å². The van der Waals surface area contributed by atoms with Crippen LogP contribution < -0.4 is 10.1 Å². The van der Waals surface area contributed by atoms with Crippen molar-refractivity contribution in [3.8, 4) is 5.75 Å². The van der Waals surface area contributed by atoms with Gasteiger partial charge in [0.15, 0.2) is 11.9 Å². The number of carbonyl (C=O) groups is 2. The highest BCUT2D eigenvalue weighted by atomic mass is 16.5. The average Bonchev–Trinajstić information content (AvgIpc) is 2.38. The second-order valence-corrected chi connectivity index (χ2v) is 4.60. The molecule has 0 aliphatic carbocycles. The largest absolute Gasteiger partial charge is 0.480 e. The van der Waals surface area contributed by atoms with E-state index in [-0.39, 0.29) is 11.7 Å². The lowest BCUT2D eigenvalue weighted by atomic mass is 10.1. The van der Waals surface area contributed by atoms with Crippen LogP contribution >= 0.6 is 0 Å². The van der Waals surface area contributed by atoms with Gasteiger partial charge in [-0.15, -0.1) is 0 Å². The maximum absolute atomic E-state index is 11.8. The van der Waals surface area contributed by atoms with Gasteiger partial charge in [-0.3, -0.25) is 9.59 Å². The quantitative estimate of drug-likeness (QED) is 0.610. The van der Waals surface area contributed by atoms with Gasteiger partial charge in [-0.2, -0.15) is 0 Å². The lowest BCUT2D eigenvalue weighted by Gasteiger charge is -2.17. The summed E-state index contributed by atoms with van der Waals surface area (Å²) in [5.41, 5.74) is 1.45. The van der Waals surface area contributed by atoms with Crippen LogP contribution in [0.2, 0.25) is 0 Å². The van der Waals surface area contributed by atoms with Gasteiger partial charge in [0.2, 0.25) is 0 Å². The van der Waals surface area contributed by atoms with E-state index in [2.05, 4.69) is 5.32 Å². The molecule has 0 heterocycles. The van der Waals surface area contributed by atoms with E-state index in [9.17, 15) is 9.59 Å². The van der Waals surface area contributed by atoms with E-state index >= 15 is 0 Å². The molecule has 20 heavy (non-hydrogen) atoms. The van der Waals surface area contributed by atoms with Crippen molar-refractivity contribution in [2.75, 3.05) is 20.3 Å². The molecule has 0 aromatic heterocycles. The molecule has 0 fully saturated rings. The van der Waals surface area contributed by atoms with E-state index < -0.39 is 6.10 Å². The Morgan fingerprint density at radius 3 is 2.65 bits per heavy atom. The monoisotopic (exact) mass is 279 g/mol. The van der Waals surface area contributed by atoms with Crippen molar-refractivity contribution in [1.82, 2.24) is 5.32 Å². The molecule has 0 bridgehead atoms. The Bertz CT molecular complexity index is 485. The third-order valence-electron chi connectivity index (χ3n) is 2.79. The second kappa shape index (κ2) is 7.65. The van der Waals surface area contributed by atoms with Gasteiger partial charge in [0.25, 0.3) is 5.91 Å². The van der Waals surface area contributed by atoms with Gasteiger partial charge in [0.05, 0.1) is 12.2 Å². The van der Waals surface area contributed by atoms with Gasteiger partial charge < -0.3 is 14.8 Å². The number of hydrogen-bond donors (Lipinski definition) is 1. The number of Topliss-reactive ketones (excluding diaryl/α,β-unsaturated/α-hetero) is 1. The third-order valence-corrected chi connectivity index (χ3v) is 2.79. The molecule has 1 amide bonds. The van der Waals surface area contributed by atoms with Crippen molar-refractivity contribution in [2.45, 2.75) is 26.9 Å². The molecule has 0 aliphatic heterocycles. The molecular weight excluding hydrogens is 258 g/mol. The number of methoxy groups -OCH3 is 1. The summed E-state index contributed by atoms with van der Waals surface area (Å²) in [7, 11) is 1.57. The Morgan fingerprint density at radius 1 is 1.35 bits per heavy atom. The summed E-state index contributed by atoms with van der Waals surface area (Å²) in [5, 5.41) is 2.69. The number of rotatable bonds is 7. The molecule has 110 valence electrons. The Kier molecular flexibility index (Phi) is 6.18. The normalized spacial score (nSPS) is 11.8. The molecule has 1 atom stereocenters. The number of nitrogens with one attached hydrogen (secondary N) is 1. The van der Waals surface area contributed by atoms with Crippen LogP contribution in [0.15, 0.2) is 18.2 Å². The van der Waals surface area contributed by atoms with Crippen molar-refractivity contribution in [3.63, 3.8) is 0 Å². The summed E-state index contributed by atoms with van der Waals surface area (Å²) >= 11 is 0. The maximum atomic E-state index is 11.8. The number of ether oxygens (including phenoxy) is 2. The van der Waals surface area contributed by atoms with Crippen LogP contribution in [-0.4, -0.2) is 38.1 Å². The minimum absolute atomic E-state index is 0.0907. The van der Waals surface area contributed by atoms with Crippen LogP contribution in [0.4, 0.5) is 0 Å². The number of ketones is 1. The fourth-order valence-electron chi connectivity index (χ4n) is 1.68. The van der Waals surface area contributed by atoms with Crippen molar-refractivity contribution in [3.05, 3.63) is 29.3 Å². The lowest BCUT2D eigenvalue weighted by Crippen LogP contribution is -2.38. The van der Waals surface area contributed by atoms with Crippen LogP contribution in [0.1, 0.15) is 29.8 Å². The summed E-state index contributed by atoms with van der Waals surface area (Å²) in [5.74, 6) is 0.108. The summed E-state index contributed by atoms with van der Waals surface area (Å²) in [4.78, 5) is 23.4. The SMILES string of the molecule is COCCNC(=O)C(C)Oc1cc(C)ccc1C(C)=O. The van der Waals surface area contributed by atoms with E-state index in [1.54, 1.807) is 26.2 Å².